The van der Waals surface area contributed by atoms with Crippen LogP contribution in [0.4, 0.5) is 5.69 Å². The van der Waals surface area contributed by atoms with Crippen LogP contribution in [-0.2, 0) is 13.1 Å². The lowest BCUT2D eigenvalue weighted by Crippen LogP contribution is -2.33. The van der Waals surface area contributed by atoms with Crippen molar-refractivity contribution in [3.05, 3.63) is 75.9 Å². The molecule has 3 aromatic rings. The van der Waals surface area contributed by atoms with Crippen LogP contribution in [-0.4, -0.2) is 10.0 Å². The van der Waals surface area contributed by atoms with Gasteiger partial charge in [0, 0.05) is 10.6 Å². The summed E-state index contributed by atoms with van der Waals surface area (Å²) < 4.78 is 5.50. The van der Waals surface area contributed by atoms with Crippen LogP contribution in [0.15, 0.2) is 58.5 Å². The van der Waals surface area contributed by atoms with E-state index in [1.54, 1.807) is 17.6 Å². The van der Waals surface area contributed by atoms with Crippen LogP contribution in [0.3, 0.4) is 0 Å². The molecule has 0 saturated carbocycles. The fraction of sp³-hybridized carbons (Fsp3) is 0.211. The van der Waals surface area contributed by atoms with Gasteiger partial charge in [0.1, 0.15) is 5.76 Å². The van der Waals surface area contributed by atoms with Crippen LogP contribution >= 0.6 is 23.6 Å². The summed E-state index contributed by atoms with van der Waals surface area (Å²) in [5, 5.41) is 6.15. The Labute approximate surface area is 151 Å². The standard InChI is InChI=1S/C19H20N2OS2/c1-14-5-7-16(8-6-14)20-19(23)21(12-17-4-3-10-22-17)13-18-15(2)9-11-24-18/h3-11H,12-13H2,1-2H3,(H,20,23). The Balaban J connectivity index is 1.76. The van der Waals surface area contributed by atoms with Gasteiger partial charge in [-0.2, -0.15) is 0 Å². The topological polar surface area (TPSA) is 28.4 Å². The number of furan rings is 1. The van der Waals surface area contributed by atoms with Gasteiger partial charge in [-0.25, -0.2) is 0 Å². The van der Waals surface area contributed by atoms with Gasteiger partial charge in [-0.05, 0) is 67.3 Å². The Bertz CT molecular complexity index is 791. The molecule has 0 aliphatic heterocycles. The zero-order valence-corrected chi connectivity index (χ0v) is 15.4. The number of aryl methyl sites for hydroxylation is 2. The molecule has 3 rings (SSSR count). The summed E-state index contributed by atoms with van der Waals surface area (Å²) in [6.45, 7) is 5.61. The third-order valence-electron chi connectivity index (χ3n) is 3.82. The number of thiocarbonyl (C=S) groups is 1. The smallest absolute Gasteiger partial charge is 0.174 e. The first kappa shape index (κ1) is 16.7. The molecule has 0 atom stereocenters. The van der Waals surface area contributed by atoms with Gasteiger partial charge in [-0.1, -0.05) is 17.7 Å². The Hall–Kier alpha value is -2.11. The van der Waals surface area contributed by atoms with Gasteiger partial charge < -0.3 is 14.6 Å². The fourth-order valence-corrected chi connectivity index (χ4v) is 3.54. The molecule has 3 nitrogen and oxygen atoms in total. The summed E-state index contributed by atoms with van der Waals surface area (Å²) in [6.07, 6.45) is 1.69. The molecular weight excluding hydrogens is 336 g/mol. The first-order valence-corrected chi connectivity index (χ1v) is 9.08. The average Bonchev–Trinajstić information content (AvgIpc) is 3.21. The zero-order valence-electron chi connectivity index (χ0n) is 13.8. The molecule has 124 valence electrons. The Morgan fingerprint density at radius 2 is 1.92 bits per heavy atom. The normalized spacial score (nSPS) is 10.6. The number of nitrogens with zero attached hydrogens (tertiary/aromatic N) is 1. The van der Waals surface area contributed by atoms with Gasteiger partial charge in [-0.3, -0.25) is 0 Å². The van der Waals surface area contributed by atoms with E-state index < -0.39 is 0 Å². The highest BCUT2D eigenvalue weighted by atomic mass is 32.1. The molecule has 0 radical (unpaired) electrons. The molecule has 0 amide bonds. The van der Waals surface area contributed by atoms with Crippen molar-refractivity contribution < 1.29 is 4.42 Å². The van der Waals surface area contributed by atoms with Crippen molar-refractivity contribution in [2.45, 2.75) is 26.9 Å². The van der Waals surface area contributed by atoms with Crippen molar-refractivity contribution in [3.63, 3.8) is 0 Å². The third-order valence-corrected chi connectivity index (χ3v) is 5.19. The van der Waals surface area contributed by atoms with Crippen molar-refractivity contribution in [2.75, 3.05) is 5.32 Å². The SMILES string of the molecule is Cc1ccc(NC(=S)N(Cc2ccco2)Cc2sccc2C)cc1. The van der Waals surface area contributed by atoms with Crippen LogP contribution in [0.5, 0.6) is 0 Å². The highest BCUT2D eigenvalue weighted by molar-refractivity contribution is 7.80. The maximum atomic E-state index is 5.66. The molecule has 0 bridgehead atoms. The van der Waals surface area contributed by atoms with Crippen molar-refractivity contribution in [1.82, 2.24) is 4.90 Å². The lowest BCUT2D eigenvalue weighted by atomic mass is 10.2. The number of hydrogen-bond acceptors (Lipinski definition) is 3. The molecular formula is C19H20N2OS2. The van der Waals surface area contributed by atoms with Crippen LogP contribution in [0.1, 0.15) is 21.8 Å². The van der Waals surface area contributed by atoms with Crippen LogP contribution in [0.2, 0.25) is 0 Å². The van der Waals surface area contributed by atoms with Crippen molar-refractivity contribution >= 4 is 34.4 Å². The van der Waals surface area contributed by atoms with Gasteiger partial charge in [0.15, 0.2) is 5.11 Å². The van der Waals surface area contributed by atoms with Crippen LogP contribution < -0.4 is 5.32 Å². The zero-order chi connectivity index (χ0) is 16.9. The van der Waals surface area contributed by atoms with Gasteiger partial charge >= 0.3 is 0 Å². The summed E-state index contributed by atoms with van der Waals surface area (Å²) in [5.74, 6) is 0.900. The summed E-state index contributed by atoms with van der Waals surface area (Å²) in [7, 11) is 0. The van der Waals surface area contributed by atoms with Gasteiger partial charge in [0.2, 0.25) is 0 Å². The molecule has 2 heterocycles. The van der Waals surface area contributed by atoms with Gasteiger partial charge in [0.05, 0.1) is 19.4 Å². The average molecular weight is 357 g/mol. The van der Waals surface area contributed by atoms with Crippen molar-refractivity contribution in [1.29, 1.82) is 0 Å². The second kappa shape index (κ2) is 7.64. The Morgan fingerprint density at radius 3 is 2.54 bits per heavy atom. The minimum Gasteiger partial charge on any atom is -0.467 e. The van der Waals surface area contributed by atoms with E-state index in [9.17, 15) is 0 Å². The largest absolute Gasteiger partial charge is 0.467 e. The second-order valence-corrected chi connectivity index (χ2v) is 7.15. The van der Waals surface area contributed by atoms with Crippen molar-refractivity contribution in [2.24, 2.45) is 0 Å². The van der Waals surface area contributed by atoms with E-state index in [-0.39, 0.29) is 0 Å². The minimum absolute atomic E-state index is 0.641. The molecule has 0 aliphatic rings. The number of nitrogens with one attached hydrogen (secondary N) is 1. The third kappa shape index (κ3) is 4.24. The first-order valence-electron chi connectivity index (χ1n) is 7.80. The molecule has 1 aromatic carbocycles. The van der Waals surface area contributed by atoms with E-state index in [0.29, 0.717) is 11.7 Å². The molecule has 24 heavy (non-hydrogen) atoms. The summed E-state index contributed by atoms with van der Waals surface area (Å²) >= 11 is 7.41. The molecule has 0 spiro atoms. The maximum Gasteiger partial charge on any atom is 0.174 e. The summed E-state index contributed by atoms with van der Waals surface area (Å²) in [4.78, 5) is 3.45. The van der Waals surface area contributed by atoms with E-state index in [4.69, 9.17) is 16.6 Å². The van der Waals surface area contributed by atoms with E-state index in [1.165, 1.54) is 16.0 Å². The molecule has 1 N–H and O–H groups in total. The molecule has 0 unspecified atom stereocenters. The predicted molar refractivity (Wildman–Crippen MR) is 104 cm³/mol. The second-order valence-electron chi connectivity index (χ2n) is 5.76. The van der Waals surface area contributed by atoms with E-state index in [2.05, 4.69) is 47.6 Å². The van der Waals surface area contributed by atoms with E-state index in [1.807, 2.05) is 24.3 Å². The Kier molecular flexibility index (Phi) is 5.33. The van der Waals surface area contributed by atoms with Gasteiger partial charge in [0.25, 0.3) is 0 Å². The molecule has 2 aromatic heterocycles. The Morgan fingerprint density at radius 1 is 1.12 bits per heavy atom. The van der Waals surface area contributed by atoms with Crippen LogP contribution in [0.25, 0.3) is 0 Å². The number of anilines is 1. The summed E-state index contributed by atoms with van der Waals surface area (Å²) in [5.41, 5.74) is 3.52. The fourth-order valence-electron chi connectivity index (χ4n) is 2.37. The lowest BCUT2D eigenvalue weighted by molar-refractivity contribution is 0.362. The maximum absolute atomic E-state index is 5.66. The predicted octanol–water partition coefficient (Wildman–Crippen LogP) is 5.36. The quantitative estimate of drug-likeness (QED) is 0.623. The van der Waals surface area contributed by atoms with Crippen LogP contribution in [0, 0.1) is 13.8 Å². The highest BCUT2D eigenvalue weighted by Gasteiger charge is 2.15. The van der Waals surface area contributed by atoms with E-state index in [0.717, 1.165) is 18.0 Å². The summed E-state index contributed by atoms with van der Waals surface area (Å²) in [6, 6.07) is 14.3. The minimum atomic E-state index is 0.641. The number of hydrogen-bond donors (Lipinski definition) is 1. The molecule has 5 heteroatoms. The van der Waals surface area contributed by atoms with Gasteiger partial charge in [-0.15, -0.1) is 11.3 Å². The number of rotatable bonds is 5. The number of benzene rings is 1. The molecule has 0 aliphatic carbocycles. The van der Waals surface area contributed by atoms with Crippen molar-refractivity contribution in [3.8, 4) is 0 Å². The molecule has 0 fully saturated rings. The lowest BCUT2D eigenvalue weighted by Gasteiger charge is -2.25. The monoisotopic (exact) mass is 356 g/mol. The first-order chi connectivity index (χ1) is 11.6. The molecule has 0 saturated heterocycles. The highest BCUT2D eigenvalue weighted by Crippen LogP contribution is 2.20. The van der Waals surface area contributed by atoms with E-state index >= 15 is 0 Å². The number of thiophene rings is 1.